The smallest absolute Gasteiger partial charge is 0.249 e. The molecule has 5 heteroatoms. The van der Waals surface area contributed by atoms with Crippen molar-refractivity contribution < 1.29 is 14.3 Å². The predicted molar refractivity (Wildman–Crippen MR) is 88.5 cm³/mol. The van der Waals surface area contributed by atoms with E-state index in [1.807, 2.05) is 31.2 Å². The van der Waals surface area contributed by atoms with Crippen LogP contribution in [0.4, 0.5) is 5.69 Å². The molecule has 23 heavy (non-hydrogen) atoms. The second kappa shape index (κ2) is 6.60. The Morgan fingerprint density at radius 2 is 1.96 bits per heavy atom. The summed E-state index contributed by atoms with van der Waals surface area (Å²) in [4.78, 5) is 28.9. The van der Waals surface area contributed by atoms with Gasteiger partial charge in [0.25, 0.3) is 0 Å². The Bertz CT molecular complexity index is 596. The van der Waals surface area contributed by atoms with E-state index in [9.17, 15) is 9.59 Å². The first-order chi connectivity index (χ1) is 11.1. The van der Waals surface area contributed by atoms with Gasteiger partial charge in [0.05, 0.1) is 7.11 Å². The highest BCUT2D eigenvalue weighted by Gasteiger charge is 2.38. The minimum Gasteiger partial charge on any atom is -0.497 e. The van der Waals surface area contributed by atoms with Crippen LogP contribution in [-0.2, 0) is 9.59 Å². The summed E-state index contributed by atoms with van der Waals surface area (Å²) in [6.45, 7) is 2.97. The first-order valence-electron chi connectivity index (χ1n) is 8.37. The number of piperazine rings is 1. The molecule has 1 saturated heterocycles. The fraction of sp³-hybridized carbons (Fsp3) is 0.556. The van der Waals surface area contributed by atoms with Gasteiger partial charge < -0.3 is 14.5 Å². The minimum absolute atomic E-state index is 0.0177. The van der Waals surface area contributed by atoms with E-state index in [0.717, 1.165) is 37.1 Å². The van der Waals surface area contributed by atoms with E-state index in [2.05, 4.69) is 0 Å². The number of ether oxygens (including phenoxy) is 1. The average Bonchev–Trinajstić information content (AvgIpc) is 3.11. The van der Waals surface area contributed by atoms with Crippen molar-refractivity contribution in [3.8, 4) is 5.75 Å². The highest BCUT2D eigenvalue weighted by molar-refractivity contribution is 6.00. The van der Waals surface area contributed by atoms with Crippen LogP contribution in [0.25, 0.3) is 0 Å². The molecule has 1 heterocycles. The van der Waals surface area contributed by atoms with Crippen LogP contribution in [0.1, 0.15) is 32.6 Å². The van der Waals surface area contributed by atoms with Crippen molar-refractivity contribution in [3.05, 3.63) is 24.3 Å². The van der Waals surface area contributed by atoms with Crippen LogP contribution in [0.15, 0.2) is 24.3 Å². The largest absolute Gasteiger partial charge is 0.497 e. The zero-order valence-electron chi connectivity index (χ0n) is 13.8. The lowest BCUT2D eigenvalue weighted by Gasteiger charge is -2.40. The molecular weight excluding hydrogens is 292 g/mol. The van der Waals surface area contributed by atoms with Crippen LogP contribution < -0.4 is 9.64 Å². The van der Waals surface area contributed by atoms with Crippen molar-refractivity contribution in [1.82, 2.24) is 4.90 Å². The van der Waals surface area contributed by atoms with Gasteiger partial charge in [-0.2, -0.15) is 0 Å². The molecule has 2 amide bonds. The normalized spacial score (nSPS) is 22.5. The standard InChI is InChI=1S/C18H24N2O3/c1-13-17(21)20(15-8-5-9-16(12-15)23-2)11-10-19(13)18(22)14-6-3-4-7-14/h5,8-9,12-14H,3-4,6-7,10-11H2,1-2H3/t13-/m0/s1. The highest BCUT2D eigenvalue weighted by atomic mass is 16.5. The van der Waals surface area contributed by atoms with Crippen molar-refractivity contribution in [3.63, 3.8) is 0 Å². The second-order valence-corrected chi connectivity index (χ2v) is 6.38. The summed E-state index contributed by atoms with van der Waals surface area (Å²) >= 11 is 0. The van der Waals surface area contributed by atoms with Gasteiger partial charge in [-0.05, 0) is 31.9 Å². The van der Waals surface area contributed by atoms with Gasteiger partial charge in [-0.3, -0.25) is 9.59 Å². The Morgan fingerprint density at radius 3 is 2.65 bits per heavy atom. The van der Waals surface area contributed by atoms with Crippen molar-refractivity contribution in [2.75, 3.05) is 25.1 Å². The molecule has 0 spiro atoms. The molecule has 124 valence electrons. The van der Waals surface area contributed by atoms with Crippen LogP contribution in [0.2, 0.25) is 0 Å². The molecule has 1 aromatic carbocycles. The van der Waals surface area contributed by atoms with Gasteiger partial charge in [-0.15, -0.1) is 0 Å². The molecule has 0 N–H and O–H groups in total. The molecule has 5 nitrogen and oxygen atoms in total. The Kier molecular flexibility index (Phi) is 4.55. The van der Waals surface area contributed by atoms with Crippen LogP contribution in [-0.4, -0.2) is 43.0 Å². The van der Waals surface area contributed by atoms with Gasteiger partial charge in [0.2, 0.25) is 11.8 Å². The van der Waals surface area contributed by atoms with Gasteiger partial charge in [-0.25, -0.2) is 0 Å². The topological polar surface area (TPSA) is 49.9 Å². The molecule has 0 unspecified atom stereocenters. The van der Waals surface area contributed by atoms with Crippen LogP contribution in [0, 0.1) is 5.92 Å². The molecular formula is C18H24N2O3. The first-order valence-corrected chi connectivity index (χ1v) is 8.37. The Labute approximate surface area is 137 Å². The number of hydrogen-bond donors (Lipinski definition) is 0. The van der Waals surface area contributed by atoms with E-state index < -0.39 is 6.04 Å². The number of methoxy groups -OCH3 is 1. The molecule has 1 aromatic rings. The molecule has 1 atom stereocenters. The van der Waals surface area contributed by atoms with E-state index in [-0.39, 0.29) is 17.7 Å². The van der Waals surface area contributed by atoms with E-state index in [1.165, 1.54) is 0 Å². The summed E-state index contributed by atoms with van der Waals surface area (Å²) in [5.74, 6) is 0.991. The number of amides is 2. The van der Waals surface area contributed by atoms with Gasteiger partial charge in [0, 0.05) is 30.8 Å². The van der Waals surface area contributed by atoms with Crippen LogP contribution in [0.3, 0.4) is 0 Å². The Morgan fingerprint density at radius 1 is 1.22 bits per heavy atom. The lowest BCUT2D eigenvalue weighted by Crippen LogP contribution is -2.58. The fourth-order valence-electron chi connectivity index (χ4n) is 3.61. The van der Waals surface area contributed by atoms with Crippen LogP contribution in [0.5, 0.6) is 5.75 Å². The number of anilines is 1. The summed E-state index contributed by atoms with van der Waals surface area (Å²) in [7, 11) is 1.61. The first kappa shape index (κ1) is 15.8. The van der Waals surface area contributed by atoms with E-state index >= 15 is 0 Å². The number of nitrogens with zero attached hydrogens (tertiary/aromatic N) is 2. The van der Waals surface area contributed by atoms with Crippen molar-refractivity contribution in [1.29, 1.82) is 0 Å². The molecule has 2 aliphatic rings. The molecule has 1 aliphatic heterocycles. The average molecular weight is 316 g/mol. The number of carbonyl (C=O) groups excluding carboxylic acids is 2. The molecule has 2 fully saturated rings. The second-order valence-electron chi connectivity index (χ2n) is 6.38. The number of hydrogen-bond acceptors (Lipinski definition) is 3. The molecule has 0 bridgehead atoms. The quantitative estimate of drug-likeness (QED) is 0.860. The predicted octanol–water partition coefficient (Wildman–Crippen LogP) is 2.45. The summed E-state index contributed by atoms with van der Waals surface area (Å²) in [6.07, 6.45) is 4.19. The lowest BCUT2D eigenvalue weighted by molar-refractivity contribution is -0.143. The summed E-state index contributed by atoms with van der Waals surface area (Å²) in [5, 5.41) is 0. The molecule has 1 saturated carbocycles. The van der Waals surface area contributed by atoms with Gasteiger partial charge >= 0.3 is 0 Å². The van der Waals surface area contributed by atoms with Gasteiger partial charge in [0.15, 0.2) is 0 Å². The third-order valence-corrected chi connectivity index (χ3v) is 5.01. The number of carbonyl (C=O) groups is 2. The summed E-state index contributed by atoms with van der Waals surface area (Å²) in [5.41, 5.74) is 0.828. The maximum Gasteiger partial charge on any atom is 0.249 e. The summed E-state index contributed by atoms with van der Waals surface area (Å²) < 4.78 is 5.23. The summed E-state index contributed by atoms with van der Waals surface area (Å²) in [6, 6.07) is 7.10. The monoisotopic (exact) mass is 316 g/mol. The maximum atomic E-state index is 12.7. The Hall–Kier alpha value is -2.04. The fourth-order valence-corrected chi connectivity index (χ4v) is 3.61. The minimum atomic E-state index is -0.400. The van der Waals surface area contributed by atoms with E-state index in [4.69, 9.17) is 4.74 Å². The van der Waals surface area contributed by atoms with Gasteiger partial charge in [-0.1, -0.05) is 18.9 Å². The zero-order valence-corrected chi connectivity index (χ0v) is 13.8. The SMILES string of the molecule is COc1cccc(N2CCN(C(=O)C3CCCC3)[C@@H](C)C2=O)c1. The molecule has 1 aliphatic carbocycles. The number of rotatable bonds is 3. The molecule has 0 radical (unpaired) electrons. The van der Waals surface area contributed by atoms with Crippen molar-refractivity contribution >= 4 is 17.5 Å². The zero-order chi connectivity index (χ0) is 16.4. The van der Waals surface area contributed by atoms with E-state index in [1.54, 1.807) is 16.9 Å². The lowest BCUT2D eigenvalue weighted by atomic mass is 10.0. The maximum absolute atomic E-state index is 12.7. The van der Waals surface area contributed by atoms with Crippen LogP contribution >= 0.6 is 0 Å². The molecule has 0 aromatic heterocycles. The molecule has 3 rings (SSSR count). The third kappa shape index (κ3) is 3.05. The highest BCUT2D eigenvalue weighted by Crippen LogP contribution is 2.29. The van der Waals surface area contributed by atoms with Crippen molar-refractivity contribution in [2.45, 2.75) is 38.6 Å². The Balaban J connectivity index is 1.74. The van der Waals surface area contributed by atoms with E-state index in [0.29, 0.717) is 13.1 Å². The third-order valence-electron chi connectivity index (χ3n) is 5.01. The van der Waals surface area contributed by atoms with Crippen molar-refractivity contribution in [2.24, 2.45) is 5.92 Å². The number of benzene rings is 1. The van der Waals surface area contributed by atoms with Gasteiger partial charge in [0.1, 0.15) is 11.8 Å².